The number of ether oxygens (including phenoxy) is 5. The number of amides is 2. The van der Waals surface area contributed by atoms with Crippen LogP contribution in [-0.4, -0.2) is 115 Å². The lowest BCUT2D eigenvalue weighted by Gasteiger charge is -2.33. The number of aliphatic hydroxyl groups is 1. The van der Waals surface area contributed by atoms with E-state index in [1.807, 2.05) is 6.07 Å². The summed E-state index contributed by atoms with van der Waals surface area (Å²) in [6, 6.07) is 16.2. The van der Waals surface area contributed by atoms with Crippen molar-refractivity contribution in [3.63, 3.8) is 0 Å². The lowest BCUT2D eigenvalue weighted by Crippen LogP contribution is -2.54. The standard InChI is InChI=1S/C65H76ClF3N8O11S/c1-37-10-7-11-45(37)41-19-20-42(36-71-59(80)48-34-43(78)33-47(48)55(79)57(63(2,3)4)74-60(81)64(67)25-26-64)40(32-41)24-29-86-31-30-85-28-23-38-15-17-39(18-16-38)58-75-61(77-62(76-58)84-5)73-51-35-44(89(6,82)83)21-22-50(51)72-53(54-49(66)13-9-27-70-54)46-12-8-14-52-56(46)88-65(68,69)87-52/h7-10,12-14,19-22,27,32,35,38-39,43,47-48,53,57,72,78H,11,15-18,23-26,28-31,33-34,36H2,1-6H3,(H,71,80)(H,74,81)(H,73,75,76,77)/t38?,39?,43-,47?,48+,53-,57+/m0/s1. The number of Topliss-reactive ketones (excluding diaryl/α,β-unsaturated/α-hetero) is 1. The van der Waals surface area contributed by atoms with Gasteiger partial charge in [-0.1, -0.05) is 74.9 Å². The van der Waals surface area contributed by atoms with Gasteiger partial charge in [0.15, 0.2) is 32.8 Å². The molecular weight excluding hydrogens is 1190 g/mol. The summed E-state index contributed by atoms with van der Waals surface area (Å²) in [6.07, 6.45) is 7.97. The minimum atomic E-state index is -3.92. The van der Waals surface area contributed by atoms with E-state index >= 15 is 0 Å². The number of hydrogen-bond acceptors (Lipinski definition) is 17. The maximum absolute atomic E-state index is 14.7. The van der Waals surface area contributed by atoms with Gasteiger partial charge in [0.2, 0.25) is 11.9 Å². The third-order valence-corrected chi connectivity index (χ3v) is 18.7. The maximum Gasteiger partial charge on any atom is 0.586 e. The molecule has 0 radical (unpaired) electrons. The number of halogens is 4. The molecule has 1 aliphatic heterocycles. The molecule has 5 N–H and O–H groups in total. The molecule has 3 heterocycles. The van der Waals surface area contributed by atoms with Gasteiger partial charge in [0, 0.05) is 43.0 Å². The minimum absolute atomic E-state index is 0.0238. The first-order valence-corrected chi connectivity index (χ1v) is 32.4. The zero-order chi connectivity index (χ0) is 63.4. The van der Waals surface area contributed by atoms with Crippen LogP contribution in [0.5, 0.6) is 17.5 Å². The Morgan fingerprint density at radius 3 is 2.33 bits per heavy atom. The first kappa shape index (κ1) is 64.8. The molecule has 0 bridgehead atoms. The van der Waals surface area contributed by atoms with Gasteiger partial charge in [-0.3, -0.25) is 19.4 Å². The number of nitrogens with zero attached hydrogens (tertiary/aromatic N) is 4. The number of fused-ring (bicyclic) bond motifs is 1. The summed E-state index contributed by atoms with van der Waals surface area (Å²) in [6.45, 7) is 9.36. The Balaban J connectivity index is 0.720. The maximum atomic E-state index is 14.7. The highest BCUT2D eigenvalue weighted by atomic mass is 35.5. The topological polar surface area (TPSA) is 251 Å². The van der Waals surface area contributed by atoms with E-state index in [-0.39, 0.29) is 100 Å². The molecule has 24 heteroatoms. The van der Waals surface area contributed by atoms with Gasteiger partial charge in [0.05, 0.1) is 78.0 Å². The van der Waals surface area contributed by atoms with Crippen molar-refractivity contribution in [3.8, 4) is 17.5 Å². The zero-order valence-electron chi connectivity index (χ0n) is 50.7. The van der Waals surface area contributed by atoms with Gasteiger partial charge in [0.25, 0.3) is 5.91 Å². The van der Waals surface area contributed by atoms with Crippen LogP contribution in [0.25, 0.3) is 5.57 Å². The molecule has 2 aromatic heterocycles. The van der Waals surface area contributed by atoms with Crippen molar-refractivity contribution in [1.82, 2.24) is 30.6 Å². The predicted molar refractivity (Wildman–Crippen MR) is 328 cm³/mol. The largest absolute Gasteiger partial charge is 0.586 e. The van der Waals surface area contributed by atoms with Gasteiger partial charge in [-0.15, -0.1) is 8.78 Å². The van der Waals surface area contributed by atoms with Crippen LogP contribution in [0.4, 0.5) is 30.5 Å². The Labute approximate surface area is 521 Å². The summed E-state index contributed by atoms with van der Waals surface area (Å²) in [4.78, 5) is 59.2. The highest BCUT2D eigenvalue weighted by Crippen LogP contribution is 2.49. The van der Waals surface area contributed by atoms with Crippen molar-refractivity contribution in [1.29, 1.82) is 0 Å². The molecule has 19 nitrogen and oxygen atoms in total. The van der Waals surface area contributed by atoms with Crippen molar-refractivity contribution in [2.45, 2.75) is 146 Å². The zero-order valence-corrected chi connectivity index (χ0v) is 52.2. The van der Waals surface area contributed by atoms with E-state index < -0.39 is 63.1 Å². The highest BCUT2D eigenvalue weighted by Gasteiger charge is 2.54. The summed E-state index contributed by atoms with van der Waals surface area (Å²) in [7, 11) is -2.30. The van der Waals surface area contributed by atoms with Crippen molar-refractivity contribution >= 4 is 61.9 Å². The molecule has 2 amide bonds. The molecule has 4 aliphatic carbocycles. The summed E-state index contributed by atoms with van der Waals surface area (Å²) in [5.41, 5.74) is 3.66. The Hall–Kier alpha value is -7.18. The molecule has 5 atom stereocenters. The van der Waals surface area contributed by atoms with Gasteiger partial charge >= 0.3 is 12.3 Å². The molecule has 0 saturated heterocycles. The van der Waals surface area contributed by atoms with Crippen LogP contribution >= 0.6 is 11.6 Å². The van der Waals surface area contributed by atoms with Crippen LogP contribution in [0.15, 0.2) is 95.5 Å². The quantitative estimate of drug-likeness (QED) is 0.0323. The number of rotatable bonds is 26. The molecule has 10 rings (SSSR count). The average molecular weight is 1270 g/mol. The van der Waals surface area contributed by atoms with E-state index in [0.29, 0.717) is 50.3 Å². The highest BCUT2D eigenvalue weighted by molar-refractivity contribution is 7.90. The molecule has 1 unspecified atom stereocenters. The number of methoxy groups -OCH3 is 1. The van der Waals surface area contributed by atoms with E-state index in [4.69, 9.17) is 40.3 Å². The van der Waals surface area contributed by atoms with Crippen LogP contribution in [0, 0.1) is 23.2 Å². The normalized spacial score (nSPS) is 21.5. The van der Waals surface area contributed by atoms with Crippen molar-refractivity contribution in [2.24, 2.45) is 23.2 Å². The number of aliphatic hydroxyl groups excluding tert-OH is 1. The molecule has 5 aromatic rings. The fourth-order valence-electron chi connectivity index (χ4n) is 12.2. The predicted octanol–water partition coefficient (Wildman–Crippen LogP) is 10.9. The summed E-state index contributed by atoms with van der Waals surface area (Å²) in [5, 5.41) is 23.2. The van der Waals surface area contributed by atoms with E-state index in [1.54, 1.807) is 39.0 Å². The fourth-order valence-corrected chi connectivity index (χ4v) is 13.1. The van der Waals surface area contributed by atoms with E-state index in [0.717, 1.165) is 61.5 Å². The number of aromatic nitrogens is 4. The summed E-state index contributed by atoms with van der Waals surface area (Å²) < 4.78 is 97.0. The van der Waals surface area contributed by atoms with Gasteiger partial charge in [0.1, 0.15) is 5.82 Å². The number of anilines is 3. The molecule has 3 aromatic carbocycles. The molecule has 0 spiro atoms. The van der Waals surface area contributed by atoms with E-state index in [2.05, 4.69) is 67.4 Å². The number of benzene rings is 3. The van der Waals surface area contributed by atoms with Crippen LogP contribution in [0.2, 0.25) is 5.02 Å². The first-order valence-electron chi connectivity index (χ1n) is 30.2. The second-order valence-electron chi connectivity index (χ2n) is 24.8. The number of ketones is 1. The molecule has 3 saturated carbocycles. The van der Waals surface area contributed by atoms with E-state index in [9.17, 15) is 41.1 Å². The number of para-hydroxylation sites is 1. The fraction of sp³-hybridized carbons (Fsp3) is 0.492. The number of sulfone groups is 1. The second-order valence-corrected chi connectivity index (χ2v) is 27.3. The van der Waals surface area contributed by atoms with Crippen LogP contribution in [0.1, 0.15) is 138 Å². The third kappa shape index (κ3) is 15.7. The van der Waals surface area contributed by atoms with Crippen molar-refractivity contribution < 1.29 is 64.8 Å². The summed E-state index contributed by atoms with van der Waals surface area (Å²) >= 11 is 6.68. The SMILES string of the molecule is COc1nc(Nc2cc(S(C)(=O)=O)ccc2N[C@@H](c2cccc3c2OC(F)(F)O3)c2ncccc2Cl)nc(C2CCC(CCOCCOCCc3cc(C4=C(C)C=CC4)ccc3CNC(=O)[C@@H]3C[C@@H](O)CC3C(=O)[C@@H](NC(=O)C3(F)CC3)C(C)(C)C)CC2)n1. The number of alkyl halides is 3. The number of pyridine rings is 1. The second kappa shape index (κ2) is 27.1. The van der Waals surface area contributed by atoms with Gasteiger partial charge in [-0.25, -0.2) is 12.8 Å². The lowest BCUT2D eigenvalue weighted by molar-refractivity contribution is -0.287. The number of nitrogens with one attached hydrogen (secondary N) is 4. The Morgan fingerprint density at radius 2 is 1.63 bits per heavy atom. The van der Waals surface area contributed by atoms with Crippen LogP contribution < -0.4 is 35.5 Å². The van der Waals surface area contributed by atoms with Crippen molar-refractivity contribution in [3.05, 3.63) is 129 Å². The van der Waals surface area contributed by atoms with E-state index in [1.165, 1.54) is 54.8 Å². The molecule has 5 aliphatic rings. The lowest BCUT2D eigenvalue weighted by atomic mass is 9.77. The number of carbonyl (C=O) groups excluding carboxylic acids is 3. The number of carbonyl (C=O) groups is 3. The summed E-state index contributed by atoms with van der Waals surface area (Å²) in [5.74, 6) is -2.73. The number of hydrogen-bond donors (Lipinski definition) is 5. The monoisotopic (exact) mass is 1270 g/mol. The van der Waals surface area contributed by atoms with Gasteiger partial charge in [-0.05, 0) is 153 Å². The Morgan fingerprint density at radius 1 is 0.876 bits per heavy atom. The third-order valence-electron chi connectivity index (χ3n) is 17.3. The molecule has 3 fully saturated rings. The molecule has 476 valence electrons. The molecule has 89 heavy (non-hydrogen) atoms. The minimum Gasteiger partial charge on any atom is -0.467 e. The van der Waals surface area contributed by atoms with Gasteiger partial charge in [-0.2, -0.15) is 15.0 Å². The van der Waals surface area contributed by atoms with Crippen LogP contribution in [0.3, 0.4) is 0 Å². The van der Waals surface area contributed by atoms with Crippen LogP contribution in [-0.2, 0) is 46.7 Å². The Kier molecular flexibility index (Phi) is 19.7. The van der Waals surface area contributed by atoms with Crippen molar-refractivity contribution in [2.75, 3.05) is 50.4 Å². The molecular formula is C65H76ClF3N8O11S. The first-order chi connectivity index (χ1) is 42.4. The van der Waals surface area contributed by atoms with Gasteiger partial charge < -0.3 is 50.1 Å². The smallest absolute Gasteiger partial charge is 0.467 e. The number of allylic oxidation sites excluding steroid dienone is 4. The average Bonchev–Trinajstić information content (AvgIpc) is 1.87. The Bertz CT molecular complexity index is 3630.